The van der Waals surface area contributed by atoms with Crippen LogP contribution in [0.15, 0.2) is 11.5 Å². The van der Waals surface area contributed by atoms with E-state index < -0.39 is 5.97 Å². The van der Waals surface area contributed by atoms with Gasteiger partial charge < -0.3 is 14.4 Å². The zero-order chi connectivity index (χ0) is 12.3. The molecule has 0 aliphatic carbocycles. The molecule has 7 heteroatoms. The van der Waals surface area contributed by atoms with Gasteiger partial charge in [-0.05, 0) is 13.3 Å². The lowest BCUT2D eigenvalue weighted by molar-refractivity contribution is -0.133. The summed E-state index contributed by atoms with van der Waals surface area (Å²) < 4.78 is 7.40. The first-order valence-corrected chi connectivity index (χ1v) is 6.49. The van der Waals surface area contributed by atoms with E-state index in [0.717, 1.165) is 19.6 Å². The summed E-state index contributed by atoms with van der Waals surface area (Å²) in [6, 6.07) is 0. The van der Waals surface area contributed by atoms with Crippen LogP contribution >= 0.6 is 11.8 Å². The Kier molecular flexibility index (Phi) is 4.01. The van der Waals surface area contributed by atoms with Crippen LogP contribution in [0.4, 0.5) is 0 Å². The molecule has 1 aromatic rings. The van der Waals surface area contributed by atoms with Gasteiger partial charge in [-0.3, -0.25) is 4.79 Å². The van der Waals surface area contributed by atoms with Crippen molar-refractivity contribution in [3.05, 3.63) is 6.33 Å². The number of aliphatic carboxylic acids is 1. The summed E-state index contributed by atoms with van der Waals surface area (Å²) in [5.41, 5.74) is 0. The Hall–Kier alpha value is -1.08. The standard InChI is InChI=1S/C10H15N3O3S/c1-7-8(2-3-16-7)4-13-6-11-12-10(13)17-5-9(14)15/h6-8H,2-5H2,1H3,(H,14,15). The highest BCUT2D eigenvalue weighted by molar-refractivity contribution is 7.99. The van der Waals surface area contributed by atoms with E-state index >= 15 is 0 Å². The Morgan fingerprint density at radius 1 is 1.76 bits per heavy atom. The van der Waals surface area contributed by atoms with Crippen molar-refractivity contribution in [1.29, 1.82) is 0 Å². The molecule has 1 aromatic heterocycles. The quantitative estimate of drug-likeness (QED) is 0.789. The Morgan fingerprint density at radius 3 is 3.24 bits per heavy atom. The van der Waals surface area contributed by atoms with Crippen molar-refractivity contribution in [2.45, 2.75) is 31.1 Å². The highest BCUT2D eigenvalue weighted by Crippen LogP contribution is 2.24. The van der Waals surface area contributed by atoms with Crippen molar-refractivity contribution in [3.63, 3.8) is 0 Å². The summed E-state index contributed by atoms with van der Waals surface area (Å²) in [5.74, 6) is -0.382. The predicted octanol–water partition coefficient (Wildman–Crippen LogP) is 0.880. The number of carboxylic acid groups (broad SMARTS) is 1. The fourth-order valence-corrected chi connectivity index (χ4v) is 2.52. The largest absolute Gasteiger partial charge is 0.481 e. The molecule has 2 rings (SSSR count). The number of carboxylic acids is 1. The molecule has 6 nitrogen and oxygen atoms in total. The van der Waals surface area contributed by atoms with Crippen molar-refractivity contribution in [2.24, 2.45) is 5.92 Å². The molecular weight excluding hydrogens is 242 g/mol. The van der Waals surface area contributed by atoms with Crippen LogP contribution in [-0.2, 0) is 16.1 Å². The Balaban J connectivity index is 1.96. The lowest BCUT2D eigenvalue weighted by atomic mass is 10.0. The normalized spacial score (nSPS) is 24.1. The van der Waals surface area contributed by atoms with E-state index in [9.17, 15) is 4.79 Å². The SMILES string of the molecule is CC1OCCC1Cn1cnnc1SCC(=O)O. The molecule has 0 bridgehead atoms. The highest BCUT2D eigenvalue weighted by atomic mass is 32.2. The molecule has 2 atom stereocenters. The Bertz CT molecular complexity index is 396. The van der Waals surface area contributed by atoms with Crippen LogP contribution in [0.5, 0.6) is 0 Å². The van der Waals surface area contributed by atoms with Crippen LogP contribution in [-0.4, -0.2) is 44.3 Å². The molecule has 0 radical (unpaired) electrons. The smallest absolute Gasteiger partial charge is 0.313 e. The molecule has 1 N–H and O–H groups in total. The molecule has 1 fully saturated rings. The van der Waals surface area contributed by atoms with Crippen LogP contribution in [0, 0.1) is 5.92 Å². The fourth-order valence-electron chi connectivity index (χ4n) is 1.88. The van der Waals surface area contributed by atoms with Crippen LogP contribution in [0.2, 0.25) is 0 Å². The third-order valence-corrected chi connectivity index (χ3v) is 3.83. The van der Waals surface area contributed by atoms with Crippen LogP contribution in [0.1, 0.15) is 13.3 Å². The summed E-state index contributed by atoms with van der Waals surface area (Å²) in [6.45, 7) is 3.65. The molecule has 0 aromatic carbocycles. The average molecular weight is 257 g/mol. The van der Waals surface area contributed by atoms with Gasteiger partial charge in [-0.1, -0.05) is 11.8 Å². The number of hydrogen-bond acceptors (Lipinski definition) is 5. The maximum Gasteiger partial charge on any atom is 0.313 e. The zero-order valence-electron chi connectivity index (χ0n) is 9.57. The van der Waals surface area contributed by atoms with Crippen LogP contribution in [0.3, 0.4) is 0 Å². The number of aromatic nitrogens is 3. The second kappa shape index (κ2) is 5.50. The molecule has 2 unspecified atom stereocenters. The van der Waals surface area contributed by atoms with Gasteiger partial charge in [0, 0.05) is 19.1 Å². The summed E-state index contributed by atoms with van der Waals surface area (Å²) in [4.78, 5) is 10.5. The van der Waals surface area contributed by atoms with Crippen molar-refractivity contribution in [3.8, 4) is 0 Å². The summed E-state index contributed by atoms with van der Waals surface area (Å²) in [6.07, 6.45) is 2.92. The molecule has 2 heterocycles. The maximum atomic E-state index is 10.5. The monoisotopic (exact) mass is 257 g/mol. The predicted molar refractivity (Wildman–Crippen MR) is 61.9 cm³/mol. The molecule has 1 saturated heterocycles. The third kappa shape index (κ3) is 3.19. The summed E-state index contributed by atoms with van der Waals surface area (Å²) >= 11 is 1.20. The van der Waals surface area contributed by atoms with Crippen molar-refractivity contribution in [2.75, 3.05) is 12.4 Å². The van der Waals surface area contributed by atoms with Crippen molar-refractivity contribution < 1.29 is 14.6 Å². The van der Waals surface area contributed by atoms with Crippen molar-refractivity contribution >= 4 is 17.7 Å². The molecule has 0 amide bonds. The van der Waals surface area contributed by atoms with Crippen molar-refractivity contribution in [1.82, 2.24) is 14.8 Å². The second-order valence-electron chi connectivity index (χ2n) is 4.07. The number of ether oxygens (including phenoxy) is 1. The topological polar surface area (TPSA) is 77.2 Å². The molecule has 1 aliphatic rings. The summed E-state index contributed by atoms with van der Waals surface area (Å²) in [5, 5.41) is 17.0. The molecule has 1 aliphatic heterocycles. The number of carbonyl (C=O) groups is 1. The molecule has 0 spiro atoms. The van der Waals surface area contributed by atoms with E-state index in [1.54, 1.807) is 6.33 Å². The number of rotatable bonds is 5. The van der Waals surface area contributed by atoms with Gasteiger partial charge in [-0.25, -0.2) is 0 Å². The van der Waals surface area contributed by atoms with Gasteiger partial charge in [0.15, 0.2) is 5.16 Å². The van der Waals surface area contributed by atoms with Gasteiger partial charge in [-0.2, -0.15) is 0 Å². The zero-order valence-corrected chi connectivity index (χ0v) is 10.4. The van der Waals surface area contributed by atoms with E-state index in [1.807, 2.05) is 4.57 Å². The maximum absolute atomic E-state index is 10.5. The average Bonchev–Trinajstić information content (AvgIpc) is 2.87. The van der Waals surface area contributed by atoms with Gasteiger partial charge >= 0.3 is 5.97 Å². The fraction of sp³-hybridized carbons (Fsp3) is 0.700. The number of nitrogens with zero attached hydrogens (tertiary/aromatic N) is 3. The lowest BCUT2D eigenvalue weighted by Gasteiger charge is -2.15. The Labute approximate surface area is 103 Å². The van der Waals surface area contributed by atoms with E-state index in [-0.39, 0.29) is 11.9 Å². The van der Waals surface area contributed by atoms with Gasteiger partial charge in [0.1, 0.15) is 6.33 Å². The van der Waals surface area contributed by atoms with Crippen LogP contribution < -0.4 is 0 Å². The van der Waals surface area contributed by atoms with Gasteiger partial charge in [0.2, 0.25) is 0 Å². The highest BCUT2D eigenvalue weighted by Gasteiger charge is 2.25. The first-order chi connectivity index (χ1) is 8.16. The van der Waals surface area contributed by atoms with E-state index in [4.69, 9.17) is 9.84 Å². The minimum atomic E-state index is -0.845. The van der Waals surface area contributed by atoms with Crippen LogP contribution in [0.25, 0.3) is 0 Å². The molecular formula is C10H15N3O3S. The second-order valence-corrected chi connectivity index (χ2v) is 5.02. The molecule has 17 heavy (non-hydrogen) atoms. The summed E-state index contributed by atoms with van der Waals surface area (Å²) in [7, 11) is 0. The van der Waals surface area contributed by atoms with E-state index in [0.29, 0.717) is 11.1 Å². The Morgan fingerprint density at radius 2 is 2.59 bits per heavy atom. The van der Waals surface area contributed by atoms with Gasteiger partial charge in [0.25, 0.3) is 0 Å². The number of hydrogen-bond donors (Lipinski definition) is 1. The van der Waals surface area contributed by atoms with Gasteiger partial charge in [-0.15, -0.1) is 10.2 Å². The molecule has 94 valence electrons. The minimum absolute atomic E-state index is 0.00934. The number of thioether (sulfide) groups is 1. The van der Waals surface area contributed by atoms with Gasteiger partial charge in [0.05, 0.1) is 11.9 Å². The molecule has 0 saturated carbocycles. The lowest BCUT2D eigenvalue weighted by Crippen LogP contribution is -2.18. The van der Waals surface area contributed by atoms with E-state index in [1.165, 1.54) is 11.8 Å². The third-order valence-electron chi connectivity index (χ3n) is 2.87. The first-order valence-electron chi connectivity index (χ1n) is 5.51. The van der Waals surface area contributed by atoms with E-state index in [2.05, 4.69) is 17.1 Å². The first kappa shape index (κ1) is 12.4. The minimum Gasteiger partial charge on any atom is -0.481 e.